The maximum Gasteiger partial charge on any atom is 0.124 e. The summed E-state index contributed by atoms with van der Waals surface area (Å²) in [4.78, 5) is 0. The minimum Gasteiger partial charge on any atom is -0.384 e. The first-order valence-electron chi connectivity index (χ1n) is 5.11. The number of rotatable bonds is 2. The molecule has 16 heavy (non-hydrogen) atoms. The van der Waals surface area contributed by atoms with Gasteiger partial charge in [-0.15, -0.1) is 0 Å². The van der Waals surface area contributed by atoms with Crippen LogP contribution in [0.3, 0.4) is 0 Å². The molecule has 1 aromatic heterocycles. The van der Waals surface area contributed by atoms with Gasteiger partial charge in [0, 0.05) is 10.6 Å². The molecule has 0 radical (unpaired) electrons. The first kappa shape index (κ1) is 11.0. The van der Waals surface area contributed by atoms with E-state index in [0.29, 0.717) is 12.4 Å². The number of anilines is 1. The molecule has 0 saturated heterocycles. The second-order valence-electron chi connectivity index (χ2n) is 3.94. The smallest absolute Gasteiger partial charge is 0.124 e. The molecule has 2 aromatic rings. The number of nitrogens with two attached hydrogens (primary N) is 1. The van der Waals surface area contributed by atoms with Crippen LogP contribution in [-0.4, -0.2) is 9.78 Å². The van der Waals surface area contributed by atoms with Gasteiger partial charge in [0.25, 0.3) is 0 Å². The van der Waals surface area contributed by atoms with Crippen LogP contribution in [0.4, 0.5) is 5.82 Å². The third kappa shape index (κ3) is 2.04. The molecule has 2 N–H and O–H groups in total. The van der Waals surface area contributed by atoms with E-state index in [1.165, 1.54) is 5.56 Å². The first-order chi connectivity index (χ1) is 7.58. The Kier molecular flexibility index (Phi) is 2.88. The van der Waals surface area contributed by atoms with Gasteiger partial charge in [-0.1, -0.05) is 17.7 Å². The van der Waals surface area contributed by atoms with Crippen molar-refractivity contribution in [2.75, 3.05) is 5.73 Å². The molecule has 0 saturated carbocycles. The fourth-order valence-electron chi connectivity index (χ4n) is 1.61. The van der Waals surface area contributed by atoms with E-state index in [1.54, 1.807) is 10.9 Å². The summed E-state index contributed by atoms with van der Waals surface area (Å²) in [7, 11) is 0. The lowest BCUT2D eigenvalue weighted by Gasteiger charge is -2.08. The average Bonchev–Trinajstić information content (AvgIpc) is 2.54. The van der Waals surface area contributed by atoms with E-state index < -0.39 is 0 Å². The second-order valence-corrected chi connectivity index (χ2v) is 4.38. The Hall–Kier alpha value is -1.48. The van der Waals surface area contributed by atoms with Gasteiger partial charge in [0.1, 0.15) is 5.82 Å². The van der Waals surface area contributed by atoms with Crippen molar-refractivity contribution in [3.05, 3.63) is 46.1 Å². The molecule has 0 spiro atoms. The van der Waals surface area contributed by atoms with E-state index in [9.17, 15) is 0 Å². The summed E-state index contributed by atoms with van der Waals surface area (Å²) in [6.45, 7) is 4.67. The molecule has 1 heterocycles. The van der Waals surface area contributed by atoms with Crippen molar-refractivity contribution < 1.29 is 0 Å². The zero-order chi connectivity index (χ0) is 11.7. The van der Waals surface area contributed by atoms with Crippen LogP contribution in [0.1, 0.15) is 16.7 Å². The summed E-state index contributed by atoms with van der Waals surface area (Å²) < 4.78 is 1.80. The topological polar surface area (TPSA) is 43.8 Å². The largest absolute Gasteiger partial charge is 0.384 e. The highest BCUT2D eigenvalue weighted by Gasteiger charge is 2.05. The molecule has 0 bridgehead atoms. The van der Waals surface area contributed by atoms with E-state index in [1.807, 2.05) is 32.0 Å². The zero-order valence-electron chi connectivity index (χ0n) is 9.37. The van der Waals surface area contributed by atoms with Gasteiger partial charge >= 0.3 is 0 Å². The highest BCUT2D eigenvalue weighted by Crippen LogP contribution is 2.18. The number of nitrogens with zero attached hydrogens (tertiary/aromatic N) is 2. The fraction of sp³-hybridized carbons (Fsp3) is 0.250. The van der Waals surface area contributed by atoms with Crippen molar-refractivity contribution in [2.45, 2.75) is 20.4 Å². The summed E-state index contributed by atoms with van der Waals surface area (Å²) in [5.74, 6) is 0.717. The molecular weight excluding hydrogens is 222 g/mol. The second kappa shape index (κ2) is 4.18. The number of nitrogen functional groups attached to an aromatic ring is 1. The van der Waals surface area contributed by atoms with Crippen molar-refractivity contribution >= 4 is 17.4 Å². The van der Waals surface area contributed by atoms with Gasteiger partial charge in [0.2, 0.25) is 0 Å². The van der Waals surface area contributed by atoms with Crippen molar-refractivity contribution in [1.82, 2.24) is 9.78 Å². The number of halogens is 1. The molecule has 0 aliphatic heterocycles. The standard InChI is InChI=1S/C12H14ClN3/c1-8-5-11(13)4-3-10(8)7-16-12(14)9(2)6-15-16/h3-6H,7,14H2,1-2H3. The van der Waals surface area contributed by atoms with Crippen molar-refractivity contribution in [2.24, 2.45) is 0 Å². The van der Waals surface area contributed by atoms with Crippen molar-refractivity contribution in [3.63, 3.8) is 0 Å². The van der Waals surface area contributed by atoms with Crippen LogP contribution in [0.15, 0.2) is 24.4 Å². The lowest BCUT2D eigenvalue weighted by atomic mass is 10.1. The molecule has 2 rings (SSSR count). The SMILES string of the molecule is Cc1cc(Cl)ccc1Cn1ncc(C)c1N. The zero-order valence-corrected chi connectivity index (χ0v) is 10.1. The summed E-state index contributed by atoms with van der Waals surface area (Å²) in [5.41, 5.74) is 9.24. The minimum absolute atomic E-state index is 0.683. The summed E-state index contributed by atoms with van der Waals surface area (Å²) in [6, 6.07) is 5.84. The van der Waals surface area contributed by atoms with Gasteiger partial charge in [-0.2, -0.15) is 5.10 Å². The highest BCUT2D eigenvalue weighted by atomic mass is 35.5. The lowest BCUT2D eigenvalue weighted by Crippen LogP contribution is -2.07. The molecule has 0 atom stereocenters. The number of hydrogen-bond acceptors (Lipinski definition) is 2. The number of benzene rings is 1. The van der Waals surface area contributed by atoms with Crippen LogP contribution in [0.25, 0.3) is 0 Å². The number of aryl methyl sites for hydroxylation is 2. The average molecular weight is 236 g/mol. The maximum atomic E-state index is 5.91. The molecule has 0 unspecified atom stereocenters. The van der Waals surface area contributed by atoms with Gasteiger partial charge < -0.3 is 5.73 Å². The van der Waals surface area contributed by atoms with Crippen molar-refractivity contribution in [1.29, 1.82) is 0 Å². The van der Waals surface area contributed by atoms with Gasteiger partial charge in [-0.3, -0.25) is 0 Å². The van der Waals surface area contributed by atoms with E-state index in [2.05, 4.69) is 5.10 Å². The van der Waals surface area contributed by atoms with Gasteiger partial charge in [-0.05, 0) is 37.1 Å². The highest BCUT2D eigenvalue weighted by molar-refractivity contribution is 6.30. The quantitative estimate of drug-likeness (QED) is 0.870. The van der Waals surface area contributed by atoms with Gasteiger partial charge in [0.15, 0.2) is 0 Å². The minimum atomic E-state index is 0.683. The normalized spacial score (nSPS) is 10.7. The molecular formula is C12H14ClN3. The molecule has 4 heteroatoms. The van der Waals surface area contributed by atoms with Crippen LogP contribution in [0.2, 0.25) is 5.02 Å². The summed E-state index contributed by atoms with van der Waals surface area (Å²) in [6.07, 6.45) is 1.78. The van der Waals surface area contributed by atoms with E-state index >= 15 is 0 Å². The van der Waals surface area contributed by atoms with Crippen molar-refractivity contribution in [3.8, 4) is 0 Å². The molecule has 0 aliphatic rings. The van der Waals surface area contributed by atoms with Crippen LogP contribution in [0.5, 0.6) is 0 Å². The molecule has 1 aromatic carbocycles. The molecule has 0 amide bonds. The maximum absolute atomic E-state index is 5.91. The Balaban J connectivity index is 2.30. The predicted molar refractivity (Wildman–Crippen MR) is 66.7 cm³/mol. The third-order valence-electron chi connectivity index (χ3n) is 2.70. The molecule has 0 fully saturated rings. The van der Waals surface area contributed by atoms with E-state index in [0.717, 1.165) is 16.1 Å². The fourth-order valence-corrected chi connectivity index (χ4v) is 1.84. The first-order valence-corrected chi connectivity index (χ1v) is 5.48. The van der Waals surface area contributed by atoms with E-state index in [-0.39, 0.29) is 0 Å². The molecule has 84 valence electrons. The van der Waals surface area contributed by atoms with Crippen LogP contribution < -0.4 is 5.73 Å². The number of hydrogen-bond donors (Lipinski definition) is 1. The Morgan fingerprint density at radius 3 is 2.62 bits per heavy atom. The Bertz CT molecular complexity index is 517. The molecule has 3 nitrogen and oxygen atoms in total. The van der Waals surface area contributed by atoms with Gasteiger partial charge in [-0.25, -0.2) is 4.68 Å². The monoisotopic (exact) mass is 235 g/mol. The molecule has 0 aliphatic carbocycles. The summed E-state index contributed by atoms with van der Waals surface area (Å²) in [5, 5.41) is 4.99. The van der Waals surface area contributed by atoms with Crippen LogP contribution in [-0.2, 0) is 6.54 Å². The lowest BCUT2D eigenvalue weighted by molar-refractivity contribution is 0.694. The van der Waals surface area contributed by atoms with E-state index in [4.69, 9.17) is 17.3 Å². The Morgan fingerprint density at radius 2 is 2.06 bits per heavy atom. The number of aromatic nitrogens is 2. The predicted octanol–water partition coefficient (Wildman–Crippen LogP) is 2.78. The third-order valence-corrected chi connectivity index (χ3v) is 2.93. The Morgan fingerprint density at radius 1 is 1.31 bits per heavy atom. The van der Waals surface area contributed by atoms with Crippen LogP contribution in [0, 0.1) is 13.8 Å². The Labute approximate surface area is 99.8 Å². The summed E-state index contributed by atoms with van der Waals surface area (Å²) >= 11 is 5.91. The van der Waals surface area contributed by atoms with Gasteiger partial charge in [0.05, 0.1) is 12.7 Å². The van der Waals surface area contributed by atoms with Crippen LogP contribution >= 0.6 is 11.6 Å².